The summed E-state index contributed by atoms with van der Waals surface area (Å²) in [5.74, 6) is 0.181. The molecule has 6 nitrogen and oxygen atoms in total. The Kier molecular flexibility index (Phi) is 11.1. The maximum atomic E-state index is 12.6. The van der Waals surface area contributed by atoms with E-state index in [0.717, 1.165) is 22.9 Å². The third kappa shape index (κ3) is 7.64. The second kappa shape index (κ2) is 14.3. The van der Waals surface area contributed by atoms with E-state index in [1.165, 1.54) is 31.4 Å². The molecule has 3 rings (SSSR count). The third-order valence-corrected chi connectivity index (χ3v) is 9.30. The van der Waals surface area contributed by atoms with Crippen molar-refractivity contribution in [2.75, 3.05) is 38.3 Å². The fraction of sp³-hybridized carbons (Fsp3) is 0.433. The van der Waals surface area contributed by atoms with E-state index in [9.17, 15) is 4.79 Å². The molecule has 0 N–H and O–H groups in total. The monoisotopic (exact) mass is 523 g/mol. The van der Waals surface area contributed by atoms with Crippen LogP contribution in [0, 0.1) is 0 Å². The first-order valence-electron chi connectivity index (χ1n) is 13.5. The minimum atomic E-state index is -2.98. The van der Waals surface area contributed by atoms with Crippen molar-refractivity contribution in [1.82, 2.24) is 0 Å². The Balaban J connectivity index is 1.73. The molecular formula is C30H41NO5Si. The summed E-state index contributed by atoms with van der Waals surface area (Å²) in [6.45, 7) is 10.6. The molecule has 0 aromatic heterocycles. The van der Waals surface area contributed by atoms with Crippen molar-refractivity contribution in [1.29, 1.82) is 0 Å². The van der Waals surface area contributed by atoms with Gasteiger partial charge in [-0.15, -0.1) is 0 Å². The average molecular weight is 524 g/mol. The van der Waals surface area contributed by atoms with Gasteiger partial charge < -0.3 is 22.9 Å². The van der Waals surface area contributed by atoms with Gasteiger partial charge in [0.05, 0.1) is 5.57 Å². The van der Waals surface area contributed by atoms with Crippen molar-refractivity contribution in [3.8, 4) is 0 Å². The van der Waals surface area contributed by atoms with Crippen LogP contribution in [0.4, 0.5) is 5.69 Å². The van der Waals surface area contributed by atoms with E-state index >= 15 is 0 Å². The van der Waals surface area contributed by atoms with Crippen LogP contribution in [0.15, 0.2) is 60.2 Å². The number of cyclic esters (lactones) is 1. The zero-order valence-corrected chi connectivity index (χ0v) is 23.9. The number of hydrogen-bond donors (Lipinski definition) is 0. The van der Waals surface area contributed by atoms with Crippen LogP contribution in [-0.2, 0) is 22.8 Å². The summed E-state index contributed by atoms with van der Waals surface area (Å²) in [4.78, 5) is 14.9. The van der Waals surface area contributed by atoms with Crippen LogP contribution in [0.2, 0.25) is 0 Å². The van der Waals surface area contributed by atoms with Gasteiger partial charge in [0, 0.05) is 49.9 Å². The highest BCUT2D eigenvalue weighted by molar-refractivity contribution is 6.75. The second-order valence-corrected chi connectivity index (χ2v) is 11.6. The van der Waals surface area contributed by atoms with Gasteiger partial charge in [0.2, 0.25) is 0 Å². The van der Waals surface area contributed by atoms with Crippen LogP contribution in [0.1, 0.15) is 64.5 Å². The fourth-order valence-corrected chi connectivity index (χ4v) is 6.79. The predicted molar refractivity (Wildman–Crippen MR) is 153 cm³/mol. The molecule has 2 aromatic carbocycles. The van der Waals surface area contributed by atoms with Gasteiger partial charge in [-0.3, -0.25) is 0 Å². The molecule has 200 valence electrons. The van der Waals surface area contributed by atoms with Crippen molar-refractivity contribution >= 4 is 37.5 Å². The molecule has 0 amide bonds. The van der Waals surface area contributed by atoms with Gasteiger partial charge in [-0.25, -0.2) is 4.79 Å². The molecule has 0 atom stereocenters. The number of esters is 1. The van der Waals surface area contributed by atoms with Crippen LogP contribution in [0.5, 0.6) is 0 Å². The van der Waals surface area contributed by atoms with Gasteiger partial charge in [-0.1, -0.05) is 62.6 Å². The summed E-state index contributed by atoms with van der Waals surface area (Å²) in [7, 11) is -0.856. The molecule has 37 heavy (non-hydrogen) atoms. The molecule has 0 saturated heterocycles. The summed E-state index contributed by atoms with van der Waals surface area (Å²) in [5, 5.41) is 0.887. The van der Waals surface area contributed by atoms with Crippen LogP contribution in [-0.4, -0.2) is 48.2 Å². The van der Waals surface area contributed by atoms with Crippen molar-refractivity contribution in [2.45, 2.75) is 53.4 Å². The first-order valence-corrected chi connectivity index (χ1v) is 15.2. The second-order valence-electron chi connectivity index (χ2n) is 9.00. The van der Waals surface area contributed by atoms with Gasteiger partial charge in [0.25, 0.3) is 0 Å². The highest BCUT2D eigenvalue weighted by Gasteiger charge is 2.43. The number of ether oxygens (including phenoxy) is 1. The number of hydrogen-bond acceptors (Lipinski definition) is 6. The quantitative estimate of drug-likeness (QED) is 0.125. The standard InChI is InChI=1S/C30H41NO5Si/c1-6-10-11-12-21-31(5)27-17-13-24(14-18-27)22-26-23-29(36-30(26)32)25-15-19-28(20-16-25)37(33-7-2,34-8-3)35-9-4/h13-20,22-23H,6-12,21H2,1-5H3/b26-22-. The number of nitrogens with zero attached hydrogens (tertiary/aromatic N) is 1. The van der Waals surface area contributed by atoms with Crippen molar-refractivity contribution in [3.63, 3.8) is 0 Å². The molecule has 0 saturated carbocycles. The molecule has 1 heterocycles. The van der Waals surface area contributed by atoms with Crippen LogP contribution in [0.3, 0.4) is 0 Å². The van der Waals surface area contributed by atoms with E-state index in [2.05, 4.69) is 31.0 Å². The molecule has 1 aliphatic rings. The van der Waals surface area contributed by atoms with E-state index in [4.69, 9.17) is 18.0 Å². The SMILES string of the molecule is CCCCCCN(C)c1ccc(/C=C2/C=C(c3ccc([Si](OCC)(OCC)OCC)cc3)OC2=O)cc1. The number of anilines is 1. The Bertz CT molecular complexity index is 1050. The number of carbonyl (C=O) groups is 1. The molecule has 0 bridgehead atoms. The molecule has 0 spiro atoms. The molecule has 7 heteroatoms. The van der Waals surface area contributed by atoms with E-state index in [-0.39, 0.29) is 5.97 Å². The molecule has 0 radical (unpaired) electrons. The lowest BCUT2D eigenvalue weighted by Crippen LogP contribution is -2.56. The lowest BCUT2D eigenvalue weighted by Gasteiger charge is -2.28. The maximum Gasteiger partial charge on any atom is 0.537 e. The van der Waals surface area contributed by atoms with E-state index in [0.29, 0.717) is 31.2 Å². The molecule has 0 aliphatic carbocycles. The van der Waals surface area contributed by atoms with Gasteiger partial charge >= 0.3 is 14.8 Å². The highest BCUT2D eigenvalue weighted by Crippen LogP contribution is 2.28. The third-order valence-electron chi connectivity index (χ3n) is 6.25. The molecule has 0 fully saturated rings. The molecular weight excluding hydrogens is 482 g/mol. The minimum absolute atomic E-state index is 0.349. The zero-order valence-electron chi connectivity index (χ0n) is 22.9. The van der Waals surface area contributed by atoms with Crippen LogP contribution < -0.4 is 10.1 Å². The zero-order chi connectivity index (χ0) is 26.7. The number of carbonyl (C=O) groups excluding carboxylic acids is 1. The largest absolute Gasteiger partial charge is 0.537 e. The highest BCUT2D eigenvalue weighted by atomic mass is 28.4. The van der Waals surface area contributed by atoms with E-state index in [1.807, 2.05) is 63.2 Å². The molecule has 2 aromatic rings. The van der Waals surface area contributed by atoms with E-state index < -0.39 is 8.80 Å². The van der Waals surface area contributed by atoms with Crippen molar-refractivity contribution in [3.05, 3.63) is 71.3 Å². The van der Waals surface area contributed by atoms with Gasteiger partial charge in [0.15, 0.2) is 0 Å². The van der Waals surface area contributed by atoms with E-state index in [1.54, 1.807) is 6.08 Å². The first kappa shape index (κ1) is 28.9. The predicted octanol–water partition coefficient (Wildman–Crippen LogP) is 5.94. The lowest BCUT2D eigenvalue weighted by atomic mass is 10.1. The Morgan fingerprint density at radius 3 is 2.03 bits per heavy atom. The summed E-state index contributed by atoms with van der Waals surface area (Å²) >= 11 is 0. The Morgan fingerprint density at radius 1 is 0.838 bits per heavy atom. The van der Waals surface area contributed by atoms with Gasteiger partial charge in [0.1, 0.15) is 5.76 Å². The Hall–Kier alpha value is -2.71. The first-order chi connectivity index (χ1) is 18.0. The molecule has 1 aliphatic heterocycles. The summed E-state index contributed by atoms with van der Waals surface area (Å²) in [6, 6.07) is 16.0. The smallest absolute Gasteiger partial charge is 0.422 e. The van der Waals surface area contributed by atoms with Crippen LogP contribution >= 0.6 is 0 Å². The maximum absolute atomic E-state index is 12.6. The van der Waals surface area contributed by atoms with Gasteiger partial charge in [-0.2, -0.15) is 0 Å². The molecule has 0 unspecified atom stereocenters. The number of unbranched alkanes of at least 4 members (excludes halogenated alkanes) is 3. The lowest BCUT2D eigenvalue weighted by molar-refractivity contribution is -0.130. The Morgan fingerprint density at radius 2 is 1.46 bits per heavy atom. The summed E-state index contributed by atoms with van der Waals surface area (Å²) in [5.41, 5.74) is 3.48. The fourth-order valence-electron chi connectivity index (χ4n) is 4.32. The summed E-state index contributed by atoms with van der Waals surface area (Å²) in [6.07, 6.45) is 8.65. The summed E-state index contributed by atoms with van der Waals surface area (Å²) < 4.78 is 23.6. The normalized spacial score (nSPS) is 14.7. The number of rotatable bonds is 15. The number of benzene rings is 2. The Labute approximate surface area is 223 Å². The van der Waals surface area contributed by atoms with Gasteiger partial charge in [-0.05, 0) is 57.0 Å². The minimum Gasteiger partial charge on any atom is -0.422 e. The average Bonchev–Trinajstić information content (AvgIpc) is 3.27. The topological polar surface area (TPSA) is 57.2 Å². The van der Waals surface area contributed by atoms with Crippen molar-refractivity contribution in [2.24, 2.45) is 0 Å². The van der Waals surface area contributed by atoms with Crippen molar-refractivity contribution < 1.29 is 22.8 Å². The van der Waals surface area contributed by atoms with Crippen LogP contribution in [0.25, 0.3) is 11.8 Å².